The molecule has 0 heterocycles. The molecule has 0 saturated heterocycles. The van der Waals surface area contributed by atoms with E-state index in [1.54, 1.807) is 24.3 Å². The topological polar surface area (TPSA) is 77.0 Å². The number of ether oxygens (including phenoxy) is 1. The van der Waals surface area contributed by atoms with Gasteiger partial charge in [-0.1, -0.05) is 17.3 Å². The van der Waals surface area contributed by atoms with E-state index in [1.165, 1.54) is 44.5 Å². The molecule has 1 amide bonds. The van der Waals surface area contributed by atoms with Crippen molar-refractivity contribution >= 4 is 23.8 Å². The molecule has 130 valence electrons. The van der Waals surface area contributed by atoms with Crippen LogP contribution in [0, 0.1) is 5.82 Å². The van der Waals surface area contributed by atoms with Gasteiger partial charge >= 0.3 is 5.97 Å². The molecule has 1 unspecified atom stereocenters. The van der Waals surface area contributed by atoms with Gasteiger partial charge < -0.3 is 14.9 Å². The maximum Gasteiger partial charge on any atom is 0.337 e. The Hall–Kier alpha value is -3.22. The number of rotatable bonds is 6. The second kappa shape index (κ2) is 8.58. The van der Waals surface area contributed by atoms with Crippen molar-refractivity contribution in [1.29, 1.82) is 0 Å². The van der Waals surface area contributed by atoms with E-state index in [1.807, 2.05) is 0 Å². The van der Waals surface area contributed by atoms with E-state index in [0.29, 0.717) is 16.8 Å². The Labute approximate surface area is 144 Å². The first-order chi connectivity index (χ1) is 12.0. The molecule has 0 aliphatic rings. The highest BCUT2D eigenvalue weighted by molar-refractivity contribution is 5.94. The Morgan fingerprint density at radius 2 is 1.76 bits per heavy atom. The molecule has 6 nitrogen and oxygen atoms in total. The van der Waals surface area contributed by atoms with Crippen LogP contribution in [-0.2, 0) is 14.4 Å². The molecule has 2 rings (SSSR count). The first kappa shape index (κ1) is 18.1. The lowest BCUT2D eigenvalue weighted by molar-refractivity contribution is -0.126. The number of carbonyl (C=O) groups is 2. The van der Waals surface area contributed by atoms with E-state index in [2.05, 4.69) is 15.2 Å². The molecule has 0 saturated carbocycles. The van der Waals surface area contributed by atoms with Gasteiger partial charge in [0.25, 0.3) is 5.91 Å². The number of nitrogens with one attached hydrogen (secondary N) is 1. The van der Waals surface area contributed by atoms with Crippen LogP contribution >= 0.6 is 0 Å². The quantitative estimate of drug-likeness (QED) is 0.496. The Morgan fingerprint density at radius 1 is 1.12 bits per heavy atom. The minimum atomic E-state index is -0.837. The number of halogens is 1. The van der Waals surface area contributed by atoms with Crippen molar-refractivity contribution in [1.82, 2.24) is 0 Å². The van der Waals surface area contributed by atoms with Crippen LogP contribution in [0.3, 0.4) is 0 Å². The van der Waals surface area contributed by atoms with Gasteiger partial charge in [0.15, 0.2) is 0 Å². The Morgan fingerprint density at radius 3 is 2.36 bits per heavy atom. The minimum absolute atomic E-state index is 0.384. The van der Waals surface area contributed by atoms with E-state index in [9.17, 15) is 14.0 Å². The molecule has 0 radical (unpaired) electrons. The Bertz CT molecular complexity index is 758. The van der Waals surface area contributed by atoms with Crippen molar-refractivity contribution < 1.29 is 23.6 Å². The lowest BCUT2D eigenvalue weighted by Gasteiger charge is -2.10. The van der Waals surface area contributed by atoms with E-state index in [-0.39, 0.29) is 5.82 Å². The van der Waals surface area contributed by atoms with E-state index >= 15 is 0 Å². The normalized spacial score (nSPS) is 11.8. The van der Waals surface area contributed by atoms with Crippen molar-refractivity contribution in [2.75, 3.05) is 12.4 Å². The predicted octanol–water partition coefficient (Wildman–Crippen LogP) is 2.99. The molecule has 0 bridgehead atoms. The second-order valence-corrected chi connectivity index (χ2v) is 5.09. The fourth-order valence-electron chi connectivity index (χ4n) is 1.83. The average molecular weight is 344 g/mol. The minimum Gasteiger partial charge on any atom is -0.465 e. The van der Waals surface area contributed by atoms with Crippen LogP contribution in [0.1, 0.15) is 22.8 Å². The monoisotopic (exact) mass is 344 g/mol. The summed E-state index contributed by atoms with van der Waals surface area (Å²) in [6, 6.07) is 11.9. The lowest BCUT2D eigenvalue weighted by atomic mass is 10.1. The summed E-state index contributed by atoms with van der Waals surface area (Å²) in [7, 11) is 1.31. The van der Waals surface area contributed by atoms with Crippen molar-refractivity contribution in [2.24, 2.45) is 5.16 Å². The summed E-state index contributed by atoms with van der Waals surface area (Å²) in [5.41, 5.74) is 1.58. The zero-order valence-electron chi connectivity index (χ0n) is 13.7. The first-order valence-corrected chi connectivity index (χ1v) is 7.43. The number of methoxy groups -OCH3 is 1. The fourth-order valence-corrected chi connectivity index (χ4v) is 1.83. The van der Waals surface area contributed by atoms with Crippen LogP contribution in [0.2, 0.25) is 0 Å². The maximum atomic E-state index is 12.8. The molecule has 7 heteroatoms. The van der Waals surface area contributed by atoms with Crippen molar-refractivity contribution in [3.8, 4) is 0 Å². The highest BCUT2D eigenvalue weighted by Gasteiger charge is 2.14. The number of carbonyl (C=O) groups excluding carboxylic acids is 2. The van der Waals surface area contributed by atoms with Gasteiger partial charge in [-0.25, -0.2) is 9.18 Å². The molecule has 2 aromatic rings. The third-order valence-electron chi connectivity index (χ3n) is 3.23. The highest BCUT2D eigenvalue weighted by Crippen LogP contribution is 2.09. The summed E-state index contributed by atoms with van der Waals surface area (Å²) in [5, 5.41) is 6.34. The molecule has 1 N–H and O–H groups in total. The largest absolute Gasteiger partial charge is 0.465 e. The summed E-state index contributed by atoms with van der Waals surface area (Å²) in [5.74, 6) is -1.22. The number of amides is 1. The Balaban J connectivity index is 1.86. The van der Waals surface area contributed by atoms with Gasteiger partial charge in [-0.05, 0) is 48.9 Å². The number of benzene rings is 2. The van der Waals surface area contributed by atoms with E-state index in [0.717, 1.165) is 0 Å². The maximum absolute atomic E-state index is 12.8. The zero-order chi connectivity index (χ0) is 18.2. The molecule has 25 heavy (non-hydrogen) atoms. The molecule has 0 aliphatic heterocycles. The third-order valence-corrected chi connectivity index (χ3v) is 3.23. The van der Waals surface area contributed by atoms with Crippen molar-refractivity contribution in [3.05, 3.63) is 65.5 Å². The summed E-state index contributed by atoms with van der Waals surface area (Å²) < 4.78 is 17.4. The Kier molecular flexibility index (Phi) is 6.22. The predicted molar refractivity (Wildman–Crippen MR) is 91.0 cm³/mol. The van der Waals surface area contributed by atoms with Crippen LogP contribution in [-0.4, -0.2) is 31.3 Å². The van der Waals surface area contributed by atoms with Crippen LogP contribution in [0.25, 0.3) is 0 Å². The molecular formula is C18H17FN2O4. The molecule has 2 aromatic carbocycles. The highest BCUT2D eigenvalue weighted by atomic mass is 19.1. The van der Waals surface area contributed by atoms with Gasteiger partial charge in [0.1, 0.15) is 5.82 Å². The number of oxime groups is 1. The van der Waals surface area contributed by atoms with Crippen LogP contribution in [0.15, 0.2) is 53.7 Å². The van der Waals surface area contributed by atoms with Gasteiger partial charge in [0.2, 0.25) is 6.10 Å². The first-order valence-electron chi connectivity index (χ1n) is 7.43. The van der Waals surface area contributed by atoms with E-state index < -0.39 is 18.0 Å². The smallest absolute Gasteiger partial charge is 0.337 e. The number of esters is 1. The van der Waals surface area contributed by atoms with Gasteiger partial charge in [0.05, 0.1) is 18.9 Å². The van der Waals surface area contributed by atoms with Gasteiger partial charge in [-0.2, -0.15) is 0 Å². The molecular weight excluding hydrogens is 327 g/mol. The number of nitrogens with zero attached hydrogens (tertiary/aromatic N) is 1. The molecule has 0 spiro atoms. The van der Waals surface area contributed by atoms with Crippen LogP contribution in [0.5, 0.6) is 0 Å². The van der Waals surface area contributed by atoms with Gasteiger partial charge in [-0.3, -0.25) is 4.79 Å². The van der Waals surface area contributed by atoms with Gasteiger partial charge in [0, 0.05) is 5.69 Å². The number of hydrogen-bond acceptors (Lipinski definition) is 5. The second-order valence-electron chi connectivity index (χ2n) is 5.09. The summed E-state index contributed by atoms with van der Waals surface area (Å²) >= 11 is 0. The average Bonchev–Trinajstić information content (AvgIpc) is 2.63. The van der Waals surface area contributed by atoms with Crippen LogP contribution < -0.4 is 5.32 Å². The molecule has 0 aromatic heterocycles. The van der Waals surface area contributed by atoms with E-state index in [4.69, 9.17) is 4.84 Å². The summed E-state index contributed by atoms with van der Waals surface area (Å²) in [6.07, 6.45) is 0.582. The SMILES string of the molecule is COC(=O)c1ccc(/C=N/OC(C)C(=O)Nc2ccc(F)cc2)cc1. The fraction of sp³-hybridized carbons (Fsp3) is 0.167. The summed E-state index contributed by atoms with van der Waals surface area (Å²) in [4.78, 5) is 28.4. The van der Waals surface area contributed by atoms with Crippen molar-refractivity contribution in [2.45, 2.75) is 13.0 Å². The van der Waals surface area contributed by atoms with Crippen molar-refractivity contribution in [3.63, 3.8) is 0 Å². The lowest BCUT2D eigenvalue weighted by Crippen LogP contribution is -2.26. The van der Waals surface area contributed by atoms with Gasteiger partial charge in [-0.15, -0.1) is 0 Å². The number of hydrogen-bond donors (Lipinski definition) is 1. The molecule has 0 aliphatic carbocycles. The molecule has 0 fully saturated rings. The van der Waals surface area contributed by atoms with Crippen LogP contribution in [0.4, 0.5) is 10.1 Å². The molecule has 1 atom stereocenters. The zero-order valence-corrected chi connectivity index (χ0v) is 13.7. The standard InChI is InChI=1S/C18H17FN2O4/c1-12(17(22)21-16-9-7-15(19)8-10-16)25-20-11-13-3-5-14(6-4-13)18(23)24-2/h3-12H,1-2H3,(H,21,22)/b20-11+. The third kappa shape index (κ3) is 5.42. The summed E-state index contributed by atoms with van der Waals surface area (Å²) in [6.45, 7) is 1.54. The number of anilines is 1.